The van der Waals surface area contributed by atoms with Gasteiger partial charge in [-0.2, -0.15) is 0 Å². The third kappa shape index (κ3) is 3.53. The Hall–Kier alpha value is -3.64. The van der Waals surface area contributed by atoms with Gasteiger partial charge in [0.25, 0.3) is 11.8 Å². The Balaban J connectivity index is 1.59. The number of carbonyl (C=O) groups is 2. The first-order valence-electron chi connectivity index (χ1n) is 9.81. The van der Waals surface area contributed by atoms with Crippen LogP contribution >= 0.6 is 0 Å². The smallest absolute Gasteiger partial charge is 0.274 e. The second kappa shape index (κ2) is 8.00. The molecule has 4 rings (SSSR count). The summed E-state index contributed by atoms with van der Waals surface area (Å²) in [5, 5.41) is 12.1. The van der Waals surface area contributed by atoms with Crippen LogP contribution in [0, 0.1) is 0 Å². The highest BCUT2D eigenvalue weighted by molar-refractivity contribution is 6.09. The molecule has 1 atom stereocenters. The number of hydrogen-bond donors (Lipinski definition) is 3. The lowest BCUT2D eigenvalue weighted by Gasteiger charge is -2.27. The Morgan fingerprint density at radius 2 is 1.63 bits per heavy atom. The van der Waals surface area contributed by atoms with Gasteiger partial charge in [-0.05, 0) is 49.2 Å². The lowest BCUT2D eigenvalue weighted by atomic mass is 9.93. The van der Waals surface area contributed by atoms with E-state index >= 15 is 0 Å². The second-order valence-electron chi connectivity index (χ2n) is 7.48. The number of hydrogen-bond acceptors (Lipinski definition) is 4. The number of amides is 2. The van der Waals surface area contributed by atoms with Crippen molar-refractivity contribution < 1.29 is 14.8 Å². The highest BCUT2D eigenvalue weighted by Crippen LogP contribution is 2.42. The van der Waals surface area contributed by atoms with Crippen LogP contribution in [0.1, 0.15) is 28.4 Å². The van der Waals surface area contributed by atoms with E-state index in [2.05, 4.69) is 17.4 Å². The van der Waals surface area contributed by atoms with Crippen LogP contribution in [-0.2, 0) is 16.8 Å². The second-order valence-corrected chi connectivity index (χ2v) is 7.48. The van der Waals surface area contributed by atoms with Crippen LogP contribution in [0.5, 0.6) is 0 Å². The van der Waals surface area contributed by atoms with Gasteiger partial charge >= 0.3 is 0 Å². The molecule has 0 fully saturated rings. The number of hydroxylamine groups is 1. The van der Waals surface area contributed by atoms with E-state index in [0.717, 1.165) is 17.7 Å². The molecule has 30 heavy (non-hydrogen) atoms. The average Bonchev–Trinajstić information content (AvgIpc) is 3.00. The van der Waals surface area contributed by atoms with Gasteiger partial charge in [0.1, 0.15) is 5.54 Å². The summed E-state index contributed by atoms with van der Waals surface area (Å²) in [6.45, 7) is 2.47. The summed E-state index contributed by atoms with van der Waals surface area (Å²) < 4.78 is 0. The highest BCUT2D eigenvalue weighted by Gasteiger charge is 2.47. The van der Waals surface area contributed by atoms with Crippen LogP contribution < -0.4 is 15.7 Å². The van der Waals surface area contributed by atoms with E-state index in [0.29, 0.717) is 17.8 Å². The first-order chi connectivity index (χ1) is 14.5. The Kier molecular flexibility index (Phi) is 5.25. The summed E-state index contributed by atoms with van der Waals surface area (Å²) in [4.78, 5) is 26.9. The Morgan fingerprint density at radius 1 is 0.967 bits per heavy atom. The molecule has 2 amide bonds. The van der Waals surface area contributed by atoms with Gasteiger partial charge in [0.15, 0.2) is 0 Å². The number of para-hydroxylation sites is 1. The first kappa shape index (κ1) is 19.7. The van der Waals surface area contributed by atoms with E-state index in [9.17, 15) is 9.59 Å². The average molecular weight is 401 g/mol. The molecule has 6 heteroatoms. The molecule has 1 unspecified atom stereocenters. The lowest BCUT2D eigenvalue weighted by Crippen LogP contribution is -2.44. The molecule has 0 radical (unpaired) electrons. The van der Waals surface area contributed by atoms with Crippen molar-refractivity contribution in [1.29, 1.82) is 0 Å². The molecule has 1 heterocycles. The third-order valence-electron chi connectivity index (χ3n) is 5.52. The normalized spacial score (nSPS) is 17.5. The zero-order valence-electron chi connectivity index (χ0n) is 16.6. The minimum absolute atomic E-state index is 0.0168. The fraction of sp³-hybridized carbons (Fsp3) is 0.167. The Morgan fingerprint density at radius 3 is 2.33 bits per heavy atom. The molecule has 152 valence electrons. The van der Waals surface area contributed by atoms with Gasteiger partial charge in [0.05, 0.1) is 0 Å². The third-order valence-corrected chi connectivity index (χ3v) is 5.52. The van der Waals surface area contributed by atoms with Crippen molar-refractivity contribution in [2.24, 2.45) is 0 Å². The number of rotatable bonds is 6. The minimum atomic E-state index is -0.923. The maximum absolute atomic E-state index is 13.5. The molecule has 3 aromatic rings. The van der Waals surface area contributed by atoms with E-state index < -0.39 is 11.4 Å². The molecular formula is C24H23N3O3. The number of fused-ring (bicyclic) bond motifs is 1. The minimum Gasteiger partial charge on any atom is -0.368 e. The van der Waals surface area contributed by atoms with Crippen molar-refractivity contribution in [3.63, 3.8) is 0 Å². The summed E-state index contributed by atoms with van der Waals surface area (Å²) in [6.07, 6.45) is 0.766. The van der Waals surface area contributed by atoms with Crippen LogP contribution in [-0.4, -0.2) is 23.6 Å². The zero-order valence-corrected chi connectivity index (χ0v) is 16.6. The van der Waals surface area contributed by atoms with Gasteiger partial charge in [-0.3, -0.25) is 14.8 Å². The lowest BCUT2D eigenvalue weighted by molar-refractivity contribution is -0.121. The summed E-state index contributed by atoms with van der Waals surface area (Å²) in [5.41, 5.74) is 4.74. The van der Waals surface area contributed by atoms with Crippen molar-refractivity contribution >= 4 is 23.2 Å². The molecule has 0 aliphatic carbocycles. The summed E-state index contributed by atoms with van der Waals surface area (Å²) in [7, 11) is 0. The Labute approximate surface area is 175 Å². The van der Waals surface area contributed by atoms with Crippen molar-refractivity contribution in [2.45, 2.75) is 18.9 Å². The van der Waals surface area contributed by atoms with E-state index in [4.69, 9.17) is 5.21 Å². The van der Waals surface area contributed by atoms with Crippen molar-refractivity contribution in [1.82, 2.24) is 5.48 Å². The fourth-order valence-corrected chi connectivity index (χ4v) is 3.91. The van der Waals surface area contributed by atoms with Crippen LogP contribution in [0.4, 0.5) is 11.4 Å². The molecule has 0 bridgehead atoms. The monoisotopic (exact) mass is 401 g/mol. The molecule has 6 nitrogen and oxygen atoms in total. The van der Waals surface area contributed by atoms with Crippen LogP contribution in [0.2, 0.25) is 0 Å². The Bertz CT molecular complexity index is 1070. The topological polar surface area (TPSA) is 81.7 Å². The molecule has 0 spiro atoms. The molecule has 0 saturated carbocycles. The van der Waals surface area contributed by atoms with Gasteiger partial charge in [-0.25, -0.2) is 5.48 Å². The van der Waals surface area contributed by atoms with Crippen molar-refractivity contribution in [2.75, 3.05) is 16.8 Å². The molecule has 3 N–H and O–H groups in total. The standard InChI is InChI=1S/C24H23N3O3/c1-24(25-19-13-11-18(12-14-19)22(28)26-30)20-9-5-6-10-21(20)27(23(24)29)16-15-17-7-3-2-4-8-17/h2-14,25,30H,15-16H2,1H3,(H,26,28). The van der Waals surface area contributed by atoms with Crippen molar-refractivity contribution in [3.05, 3.63) is 95.6 Å². The molecule has 0 aromatic heterocycles. The predicted molar refractivity (Wildman–Crippen MR) is 116 cm³/mol. The SMILES string of the molecule is CC1(Nc2ccc(C(=O)NO)cc2)C(=O)N(CCc2ccccc2)c2ccccc21. The molecule has 1 aliphatic rings. The van der Waals surface area contributed by atoms with Crippen LogP contribution in [0.3, 0.4) is 0 Å². The maximum atomic E-state index is 13.5. The molecule has 1 aliphatic heterocycles. The molecule has 0 saturated heterocycles. The summed E-state index contributed by atoms with van der Waals surface area (Å²) >= 11 is 0. The quantitative estimate of drug-likeness (QED) is 0.434. The number of nitrogens with zero attached hydrogens (tertiary/aromatic N) is 1. The number of nitrogens with one attached hydrogen (secondary N) is 2. The van der Waals surface area contributed by atoms with E-state index in [1.807, 2.05) is 54.3 Å². The van der Waals surface area contributed by atoms with Gasteiger partial charge < -0.3 is 10.2 Å². The van der Waals surface area contributed by atoms with Crippen molar-refractivity contribution in [3.8, 4) is 0 Å². The maximum Gasteiger partial charge on any atom is 0.274 e. The first-order valence-corrected chi connectivity index (χ1v) is 9.81. The fourth-order valence-electron chi connectivity index (χ4n) is 3.91. The zero-order chi connectivity index (χ0) is 21.1. The van der Waals surface area contributed by atoms with E-state index in [1.54, 1.807) is 29.7 Å². The summed E-state index contributed by atoms with van der Waals surface area (Å²) in [6, 6.07) is 24.6. The largest absolute Gasteiger partial charge is 0.368 e. The van der Waals surface area contributed by atoms with Gasteiger partial charge in [0, 0.05) is 29.0 Å². The summed E-state index contributed by atoms with van der Waals surface area (Å²) in [5.74, 6) is -0.598. The molecule has 3 aromatic carbocycles. The van der Waals surface area contributed by atoms with Crippen LogP contribution in [0.15, 0.2) is 78.9 Å². The van der Waals surface area contributed by atoms with E-state index in [1.165, 1.54) is 5.56 Å². The number of benzene rings is 3. The highest BCUT2D eigenvalue weighted by atomic mass is 16.5. The van der Waals surface area contributed by atoms with Crippen LogP contribution in [0.25, 0.3) is 0 Å². The number of carbonyl (C=O) groups excluding carboxylic acids is 2. The van der Waals surface area contributed by atoms with Gasteiger partial charge in [-0.1, -0.05) is 48.5 Å². The van der Waals surface area contributed by atoms with E-state index in [-0.39, 0.29) is 5.91 Å². The number of anilines is 2. The van der Waals surface area contributed by atoms with Gasteiger partial charge in [0.2, 0.25) is 0 Å². The molecular weight excluding hydrogens is 378 g/mol. The predicted octanol–water partition coefficient (Wildman–Crippen LogP) is 3.72. The van der Waals surface area contributed by atoms with Gasteiger partial charge in [-0.15, -0.1) is 0 Å².